The fourth-order valence-corrected chi connectivity index (χ4v) is 1.26. The number of rotatable bonds is 2. The van der Waals surface area contributed by atoms with Crippen LogP contribution < -0.4 is 10.1 Å². The van der Waals surface area contributed by atoms with Crippen LogP contribution in [0.25, 0.3) is 0 Å². The number of benzene rings is 1. The Morgan fingerprint density at radius 2 is 1.90 bits per heavy atom. The average molecular weight is 197 g/mol. The van der Waals surface area contributed by atoms with Gasteiger partial charge in [0.15, 0.2) is 0 Å². The Balaban J connectivity index is 2.90. The van der Waals surface area contributed by atoms with Gasteiger partial charge in [-0.1, -0.05) is 0 Å². The molecule has 0 unspecified atom stereocenters. The zero-order valence-electron chi connectivity index (χ0n) is 5.45. The molecule has 52 valence electrons. The molecule has 1 aromatic rings. The van der Waals surface area contributed by atoms with Crippen LogP contribution in [0.4, 0.5) is 0 Å². The summed E-state index contributed by atoms with van der Waals surface area (Å²) in [7, 11) is 0. The molecule has 0 aliphatic rings. The van der Waals surface area contributed by atoms with E-state index < -0.39 is 15.7 Å². The summed E-state index contributed by atoms with van der Waals surface area (Å²) < 4.78 is 11.3. The van der Waals surface area contributed by atoms with Crippen LogP contribution in [0, 0.1) is 0 Å². The predicted molar refractivity (Wildman–Crippen MR) is 40.4 cm³/mol. The fourth-order valence-electron chi connectivity index (χ4n) is 0.693. The zero-order valence-corrected chi connectivity index (χ0v) is 7.33. The van der Waals surface area contributed by atoms with Crippen molar-refractivity contribution in [2.24, 2.45) is 5.73 Å². The van der Waals surface area contributed by atoms with Gasteiger partial charge in [0.2, 0.25) is 0 Å². The molecular formula is C7H8AsNO. The maximum absolute atomic E-state index is 10.4. The van der Waals surface area contributed by atoms with Crippen LogP contribution in [0.15, 0.2) is 24.3 Å². The van der Waals surface area contributed by atoms with E-state index in [0.29, 0.717) is 6.54 Å². The van der Waals surface area contributed by atoms with Crippen molar-refractivity contribution >= 4 is 20.0 Å². The second-order valence-corrected chi connectivity index (χ2v) is 3.43. The van der Waals surface area contributed by atoms with Gasteiger partial charge in [-0.2, -0.15) is 0 Å². The van der Waals surface area contributed by atoms with E-state index in [1.54, 1.807) is 0 Å². The van der Waals surface area contributed by atoms with E-state index in [1.165, 1.54) is 0 Å². The first-order valence-electron chi connectivity index (χ1n) is 2.99. The van der Waals surface area contributed by atoms with Gasteiger partial charge >= 0.3 is 65.9 Å². The van der Waals surface area contributed by atoms with Crippen LogP contribution in [-0.2, 0) is 10.3 Å². The van der Waals surface area contributed by atoms with E-state index in [-0.39, 0.29) is 0 Å². The molecule has 2 nitrogen and oxygen atoms in total. The van der Waals surface area contributed by atoms with Crippen LogP contribution in [0.1, 0.15) is 5.56 Å². The van der Waals surface area contributed by atoms with Crippen molar-refractivity contribution in [2.75, 3.05) is 0 Å². The van der Waals surface area contributed by atoms with Gasteiger partial charge in [0.05, 0.1) is 0 Å². The Kier molecular flexibility index (Phi) is 2.79. The predicted octanol–water partition coefficient (Wildman–Crippen LogP) is -0.180. The van der Waals surface area contributed by atoms with Crippen LogP contribution >= 0.6 is 0 Å². The Morgan fingerprint density at radius 3 is 2.30 bits per heavy atom. The Hall–Kier alpha value is -0.462. The SMILES string of the molecule is NCc1ccc([As]=O)cc1. The quantitative estimate of drug-likeness (QED) is 0.668. The summed E-state index contributed by atoms with van der Waals surface area (Å²) >= 11 is -0.874. The molecular weight excluding hydrogens is 189 g/mol. The summed E-state index contributed by atoms with van der Waals surface area (Å²) in [5, 5.41) is 0. The first kappa shape index (κ1) is 7.64. The van der Waals surface area contributed by atoms with Crippen molar-refractivity contribution in [1.82, 2.24) is 0 Å². The van der Waals surface area contributed by atoms with E-state index in [2.05, 4.69) is 0 Å². The zero-order chi connectivity index (χ0) is 7.40. The fraction of sp³-hybridized carbons (Fsp3) is 0.143. The molecule has 10 heavy (non-hydrogen) atoms. The van der Waals surface area contributed by atoms with Crippen molar-refractivity contribution in [1.29, 1.82) is 0 Å². The monoisotopic (exact) mass is 197 g/mol. The van der Waals surface area contributed by atoms with Gasteiger partial charge in [0.25, 0.3) is 0 Å². The third-order valence-corrected chi connectivity index (χ3v) is 2.35. The molecule has 1 rings (SSSR count). The van der Waals surface area contributed by atoms with E-state index in [4.69, 9.17) is 5.73 Å². The Morgan fingerprint density at radius 1 is 1.30 bits per heavy atom. The summed E-state index contributed by atoms with van der Waals surface area (Å²) in [6.45, 7) is 0.551. The Labute approximate surface area is 66.3 Å². The van der Waals surface area contributed by atoms with E-state index >= 15 is 0 Å². The standard InChI is InChI=1S/C7H8AsNO/c9-5-6-1-3-7(8-10)4-2-6/h1-4H,5,9H2. The van der Waals surface area contributed by atoms with Crippen molar-refractivity contribution in [3.63, 3.8) is 0 Å². The van der Waals surface area contributed by atoms with Crippen LogP contribution in [0.2, 0.25) is 0 Å². The molecule has 0 fully saturated rings. The number of nitrogens with two attached hydrogens (primary N) is 1. The summed E-state index contributed by atoms with van der Waals surface area (Å²) in [4.78, 5) is 0. The van der Waals surface area contributed by atoms with E-state index in [0.717, 1.165) is 9.91 Å². The second kappa shape index (κ2) is 3.64. The molecule has 0 aliphatic carbocycles. The molecule has 1 aromatic carbocycles. The summed E-state index contributed by atoms with van der Waals surface area (Å²) in [5.41, 5.74) is 6.45. The molecule has 0 saturated heterocycles. The first-order valence-corrected chi connectivity index (χ1v) is 4.69. The van der Waals surface area contributed by atoms with Gasteiger partial charge in [-0.3, -0.25) is 0 Å². The van der Waals surface area contributed by atoms with Gasteiger partial charge in [-0.25, -0.2) is 0 Å². The van der Waals surface area contributed by atoms with Crippen LogP contribution in [-0.4, -0.2) is 15.7 Å². The first-order chi connectivity index (χ1) is 4.86. The van der Waals surface area contributed by atoms with Gasteiger partial charge < -0.3 is 0 Å². The molecule has 3 heteroatoms. The van der Waals surface area contributed by atoms with Gasteiger partial charge in [-0.05, 0) is 0 Å². The third-order valence-electron chi connectivity index (χ3n) is 1.28. The maximum atomic E-state index is 10.4. The second-order valence-electron chi connectivity index (χ2n) is 1.96. The summed E-state index contributed by atoms with van der Waals surface area (Å²) in [6, 6.07) is 7.52. The molecule has 0 aromatic heterocycles. The summed E-state index contributed by atoms with van der Waals surface area (Å²) in [5.74, 6) is 0. The van der Waals surface area contributed by atoms with Crippen molar-refractivity contribution in [3.8, 4) is 0 Å². The van der Waals surface area contributed by atoms with Gasteiger partial charge in [0, 0.05) is 0 Å². The van der Waals surface area contributed by atoms with E-state index in [1.807, 2.05) is 24.3 Å². The number of hydrogen-bond donors (Lipinski definition) is 1. The molecule has 0 radical (unpaired) electrons. The molecule has 2 N–H and O–H groups in total. The minimum absolute atomic E-state index is 0.551. The molecule has 0 atom stereocenters. The van der Waals surface area contributed by atoms with Crippen molar-refractivity contribution in [3.05, 3.63) is 29.8 Å². The van der Waals surface area contributed by atoms with Crippen molar-refractivity contribution < 1.29 is 3.74 Å². The molecule has 0 spiro atoms. The minimum atomic E-state index is -0.874. The molecule has 0 bridgehead atoms. The molecule has 0 aliphatic heterocycles. The molecule has 0 amide bonds. The summed E-state index contributed by atoms with van der Waals surface area (Å²) in [6.07, 6.45) is 0. The topological polar surface area (TPSA) is 43.1 Å². The number of hydrogen-bond acceptors (Lipinski definition) is 2. The van der Waals surface area contributed by atoms with E-state index in [9.17, 15) is 3.74 Å². The average Bonchev–Trinajstić information content (AvgIpc) is 2.05. The van der Waals surface area contributed by atoms with Crippen LogP contribution in [0.3, 0.4) is 0 Å². The molecule has 0 saturated carbocycles. The van der Waals surface area contributed by atoms with Gasteiger partial charge in [0.1, 0.15) is 0 Å². The third kappa shape index (κ3) is 1.76. The van der Waals surface area contributed by atoms with Gasteiger partial charge in [-0.15, -0.1) is 0 Å². The van der Waals surface area contributed by atoms with Crippen molar-refractivity contribution in [2.45, 2.75) is 6.54 Å². The Bertz CT molecular complexity index is 220. The molecule has 0 heterocycles. The van der Waals surface area contributed by atoms with Crippen LogP contribution in [0.5, 0.6) is 0 Å². The normalized spacial score (nSPS) is 10.1.